The minimum absolute atomic E-state index is 0.296. The van der Waals surface area contributed by atoms with Crippen LogP contribution in [0.2, 0.25) is 0 Å². The summed E-state index contributed by atoms with van der Waals surface area (Å²) in [5, 5.41) is 12.9. The van der Waals surface area contributed by atoms with Crippen molar-refractivity contribution in [3.05, 3.63) is 29.8 Å². The van der Waals surface area contributed by atoms with E-state index in [1.54, 1.807) is 0 Å². The smallest absolute Gasteiger partial charge is 0.123 e. The average Bonchev–Trinajstić information content (AvgIpc) is 2.85. The van der Waals surface area contributed by atoms with Crippen molar-refractivity contribution in [2.75, 3.05) is 13.2 Å². The molecule has 1 aliphatic rings. The number of ether oxygens (including phenoxy) is 1. The van der Waals surface area contributed by atoms with Crippen LogP contribution in [0.4, 0.5) is 0 Å². The zero-order valence-corrected chi connectivity index (χ0v) is 11.1. The van der Waals surface area contributed by atoms with E-state index in [1.807, 2.05) is 25.1 Å². The second kappa shape index (κ2) is 6.76. The van der Waals surface area contributed by atoms with E-state index in [0.717, 1.165) is 18.7 Å². The molecule has 3 heteroatoms. The molecule has 0 bridgehead atoms. The Hall–Kier alpha value is -1.06. The molecule has 0 radical (unpaired) electrons. The van der Waals surface area contributed by atoms with Crippen molar-refractivity contribution in [2.45, 2.75) is 38.8 Å². The highest BCUT2D eigenvalue weighted by Gasteiger charge is 2.25. The maximum absolute atomic E-state index is 9.31. The molecule has 0 aliphatic heterocycles. The largest absolute Gasteiger partial charge is 0.494 e. The molecule has 1 aromatic rings. The maximum atomic E-state index is 9.31. The Morgan fingerprint density at radius 2 is 2.17 bits per heavy atom. The van der Waals surface area contributed by atoms with Gasteiger partial charge in [0.1, 0.15) is 5.75 Å². The fourth-order valence-corrected chi connectivity index (χ4v) is 2.71. The molecule has 2 N–H and O–H groups in total. The molecule has 0 heterocycles. The second-order valence-electron chi connectivity index (χ2n) is 4.90. The highest BCUT2D eigenvalue weighted by molar-refractivity contribution is 5.33. The topological polar surface area (TPSA) is 41.5 Å². The summed E-state index contributed by atoms with van der Waals surface area (Å²) in [6.07, 6.45) is 3.53. The van der Waals surface area contributed by atoms with Gasteiger partial charge < -0.3 is 15.2 Å². The van der Waals surface area contributed by atoms with Crippen molar-refractivity contribution in [3.8, 4) is 5.75 Å². The van der Waals surface area contributed by atoms with E-state index in [4.69, 9.17) is 4.74 Å². The van der Waals surface area contributed by atoms with Gasteiger partial charge in [-0.25, -0.2) is 0 Å². The molecule has 0 spiro atoms. The normalized spacial score (nSPS) is 23.2. The summed E-state index contributed by atoms with van der Waals surface area (Å²) >= 11 is 0. The van der Waals surface area contributed by atoms with Crippen LogP contribution in [0.1, 0.15) is 31.7 Å². The Labute approximate surface area is 109 Å². The molecular weight excluding hydrogens is 226 g/mol. The lowest BCUT2D eigenvalue weighted by Gasteiger charge is -2.20. The number of nitrogens with one attached hydrogen (secondary N) is 1. The van der Waals surface area contributed by atoms with Crippen molar-refractivity contribution >= 4 is 0 Å². The zero-order valence-electron chi connectivity index (χ0n) is 11.1. The molecule has 2 rings (SSSR count). The van der Waals surface area contributed by atoms with Crippen molar-refractivity contribution in [2.24, 2.45) is 5.92 Å². The van der Waals surface area contributed by atoms with Crippen LogP contribution in [-0.4, -0.2) is 24.4 Å². The van der Waals surface area contributed by atoms with Crippen molar-refractivity contribution < 1.29 is 9.84 Å². The number of hydrogen-bond acceptors (Lipinski definition) is 3. The van der Waals surface area contributed by atoms with Crippen LogP contribution < -0.4 is 10.1 Å². The van der Waals surface area contributed by atoms with Gasteiger partial charge in [0.05, 0.1) is 6.61 Å². The predicted molar refractivity (Wildman–Crippen MR) is 72.7 cm³/mol. The number of para-hydroxylation sites is 1. The molecule has 2 atom stereocenters. The minimum atomic E-state index is 0.296. The van der Waals surface area contributed by atoms with Crippen molar-refractivity contribution in [3.63, 3.8) is 0 Å². The Balaban J connectivity index is 1.93. The average molecular weight is 249 g/mol. The Morgan fingerprint density at radius 3 is 2.94 bits per heavy atom. The lowest BCUT2D eigenvalue weighted by molar-refractivity contribution is 0.205. The van der Waals surface area contributed by atoms with Gasteiger partial charge in [0.25, 0.3) is 0 Å². The first-order chi connectivity index (χ1) is 8.85. The molecule has 100 valence electrons. The molecule has 0 saturated heterocycles. The van der Waals surface area contributed by atoms with E-state index in [-0.39, 0.29) is 0 Å². The van der Waals surface area contributed by atoms with Crippen LogP contribution in [0.15, 0.2) is 24.3 Å². The van der Waals surface area contributed by atoms with Gasteiger partial charge in [-0.15, -0.1) is 0 Å². The van der Waals surface area contributed by atoms with Gasteiger partial charge in [-0.3, -0.25) is 0 Å². The minimum Gasteiger partial charge on any atom is -0.494 e. The molecule has 1 fully saturated rings. The summed E-state index contributed by atoms with van der Waals surface area (Å²) in [6.45, 7) is 3.81. The number of hydrogen-bond donors (Lipinski definition) is 2. The van der Waals surface area contributed by atoms with Crippen LogP contribution in [-0.2, 0) is 6.54 Å². The quantitative estimate of drug-likeness (QED) is 0.813. The lowest BCUT2D eigenvalue weighted by atomic mass is 10.0. The first-order valence-corrected chi connectivity index (χ1v) is 6.90. The Bertz CT molecular complexity index is 367. The SMILES string of the molecule is CCOc1ccccc1CNC1CCCC1CO. The van der Waals surface area contributed by atoms with E-state index in [0.29, 0.717) is 25.2 Å². The van der Waals surface area contributed by atoms with Crippen molar-refractivity contribution in [1.29, 1.82) is 0 Å². The number of aliphatic hydroxyl groups is 1. The van der Waals surface area contributed by atoms with E-state index < -0.39 is 0 Å². The summed E-state index contributed by atoms with van der Waals surface area (Å²) in [6, 6.07) is 8.60. The molecular formula is C15H23NO2. The first kappa shape index (κ1) is 13.4. The molecule has 1 saturated carbocycles. The van der Waals surface area contributed by atoms with Crippen LogP contribution >= 0.6 is 0 Å². The van der Waals surface area contributed by atoms with E-state index >= 15 is 0 Å². The second-order valence-corrected chi connectivity index (χ2v) is 4.90. The van der Waals surface area contributed by atoms with E-state index in [2.05, 4.69) is 11.4 Å². The van der Waals surface area contributed by atoms with Gasteiger partial charge in [0.15, 0.2) is 0 Å². The first-order valence-electron chi connectivity index (χ1n) is 6.90. The summed E-state index contributed by atoms with van der Waals surface area (Å²) in [5.41, 5.74) is 1.20. The predicted octanol–water partition coefficient (Wildman–Crippen LogP) is 2.34. The number of aliphatic hydroxyl groups excluding tert-OH is 1. The van der Waals surface area contributed by atoms with Crippen LogP contribution in [0.3, 0.4) is 0 Å². The van der Waals surface area contributed by atoms with Crippen LogP contribution in [0.5, 0.6) is 5.75 Å². The number of benzene rings is 1. The monoisotopic (exact) mass is 249 g/mol. The summed E-state index contributed by atoms with van der Waals surface area (Å²) < 4.78 is 5.62. The Morgan fingerprint density at radius 1 is 1.33 bits per heavy atom. The summed E-state index contributed by atoms with van der Waals surface area (Å²) in [5.74, 6) is 1.38. The zero-order chi connectivity index (χ0) is 12.8. The van der Waals surface area contributed by atoms with Gasteiger partial charge in [0, 0.05) is 24.8 Å². The number of rotatable bonds is 6. The van der Waals surface area contributed by atoms with Crippen molar-refractivity contribution in [1.82, 2.24) is 5.32 Å². The third kappa shape index (κ3) is 3.24. The highest BCUT2D eigenvalue weighted by Crippen LogP contribution is 2.26. The standard InChI is InChI=1S/C15H23NO2/c1-2-18-15-9-4-3-6-12(15)10-16-14-8-5-7-13(14)11-17/h3-4,6,9,13-14,16-17H,2,5,7-8,10-11H2,1H3. The van der Waals surface area contributed by atoms with Gasteiger partial charge in [-0.2, -0.15) is 0 Å². The molecule has 2 unspecified atom stereocenters. The maximum Gasteiger partial charge on any atom is 0.123 e. The van der Waals surface area contributed by atoms with Gasteiger partial charge in [-0.1, -0.05) is 24.6 Å². The molecule has 1 aromatic carbocycles. The molecule has 3 nitrogen and oxygen atoms in total. The summed E-state index contributed by atoms with van der Waals surface area (Å²) in [4.78, 5) is 0. The fraction of sp³-hybridized carbons (Fsp3) is 0.600. The molecule has 18 heavy (non-hydrogen) atoms. The van der Waals surface area contributed by atoms with E-state index in [9.17, 15) is 5.11 Å². The summed E-state index contributed by atoms with van der Waals surface area (Å²) in [7, 11) is 0. The van der Waals surface area contributed by atoms with Gasteiger partial charge in [-0.05, 0) is 31.7 Å². The lowest BCUT2D eigenvalue weighted by Crippen LogP contribution is -2.33. The van der Waals surface area contributed by atoms with Crippen LogP contribution in [0, 0.1) is 5.92 Å². The van der Waals surface area contributed by atoms with Gasteiger partial charge in [0.2, 0.25) is 0 Å². The van der Waals surface area contributed by atoms with Crippen LogP contribution in [0.25, 0.3) is 0 Å². The highest BCUT2D eigenvalue weighted by atomic mass is 16.5. The molecule has 0 aromatic heterocycles. The third-order valence-electron chi connectivity index (χ3n) is 3.72. The third-order valence-corrected chi connectivity index (χ3v) is 3.72. The molecule has 1 aliphatic carbocycles. The van der Waals surface area contributed by atoms with E-state index in [1.165, 1.54) is 18.4 Å². The fourth-order valence-electron chi connectivity index (χ4n) is 2.71. The van der Waals surface area contributed by atoms with Gasteiger partial charge >= 0.3 is 0 Å². The Kier molecular flexibility index (Phi) is 5.02. The molecule has 0 amide bonds.